The number of hydrogen-bond donors (Lipinski definition) is 2. The fourth-order valence-corrected chi connectivity index (χ4v) is 3.48. The second-order valence-corrected chi connectivity index (χ2v) is 7.70. The second kappa shape index (κ2) is 6.44. The van der Waals surface area contributed by atoms with Crippen LogP contribution in [0.4, 0.5) is 0 Å². The van der Waals surface area contributed by atoms with Gasteiger partial charge in [-0.2, -0.15) is 0 Å². The van der Waals surface area contributed by atoms with Crippen molar-refractivity contribution in [3.05, 3.63) is 29.8 Å². The summed E-state index contributed by atoms with van der Waals surface area (Å²) in [7, 11) is -1.46. The summed E-state index contributed by atoms with van der Waals surface area (Å²) in [6.07, 6.45) is 1.14. The van der Waals surface area contributed by atoms with Crippen LogP contribution < -0.4 is 10.5 Å². The monoisotopic (exact) mass is 311 g/mol. The Morgan fingerprint density at radius 1 is 1.33 bits per heavy atom. The normalized spacial score (nSPS) is 25.7. The lowest BCUT2D eigenvalue weighted by molar-refractivity contribution is 0.168. The van der Waals surface area contributed by atoms with E-state index in [0.717, 1.165) is 25.1 Å². The SMILES string of the molecule is CC(NC1CCN(C)CC1C)c1ccc(S(N)(=O)=O)cc1. The van der Waals surface area contributed by atoms with Gasteiger partial charge in [0.1, 0.15) is 0 Å². The topological polar surface area (TPSA) is 75.4 Å². The minimum Gasteiger partial charge on any atom is -0.307 e. The standard InChI is InChI=1S/C15H25N3O2S/c1-11-10-18(3)9-8-15(11)17-12(2)13-4-6-14(7-5-13)21(16,19)20/h4-7,11-12,15,17H,8-10H2,1-3H3,(H2,16,19,20). The van der Waals surface area contributed by atoms with Crippen LogP contribution in [0.2, 0.25) is 0 Å². The van der Waals surface area contributed by atoms with Gasteiger partial charge in [0, 0.05) is 18.6 Å². The summed E-state index contributed by atoms with van der Waals surface area (Å²) in [6.45, 7) is 6.59. The zero-order valence-electron chi connectivity index (χ0n) is 12.9. The quantitative estimate of drug-likeness (QED) is 0.879. The van der Waals surface area contributed by atoms with Gasteiger partial charge >= 0.3 is 0 Å². The maximum Gasteiger partial charge on any atom is 0.238 e. The van der Waals surface area contributed by atoms with Crippen molar-refractivity contribution >= 4 is 10.0 Å². The maximum absolute atomic E-state index is 11.3. The number of rotatable bonds is 4. The minimum atomic E-state index is -3.61. The van der Waals surface area contributed by atoms with Gasteiger partial charge in [0.15, 0.2) is 0 Å². The van der Waals surface area contributed by atoms with E-state index in [1.165, 1.54) is 0 Å². The molecule has 2 rings (SSSR count). The Balaban J connectivity index is 2.02. The van der Waals surface area contributed by atoms with Crippen LogP contribution in [-0.4, -0.2) is 39.5 Å². The summed E-state index contributed by atoms with van der Waals surface area (Å²) < 4.78 is 22.5. The van der Waals surface area contributed by atoms with E-state index < -0.39 is 10.0 Å². The molecule has 5 nitrogen and oxygen atoms in total. The highest BCUT2D eigenvalue weighted by atomic mass is 32.2. The van der Waals surface area contributed by atoms with E-state index in [1.54, 1.807) is 12.1 Å². The summed E-state index contributed by atoms with van der Waals surface area (Å²) in [5.74, 6) is 0.606. The molecule has 118 valence electrons. The first-order chi connectivity index (χ1) is 9.77. The van der Waals surface area contributed by atoms with Crippen molar-refractivity contribution in [2.24, 2.45) is 11.1 Å². The molecule has 3 atom stereocenters. The molecular formula is C15H25N3O2S. The molecule has 21 heavy (non-hydrogen) atoms. The molecule has 3 unspecified atom stereocenters. The van der Waals surface area contributed by atoms with Gasteiger partial charge in [-0.25, -0.2) is 13.6 Å². The molecular weight excluding hydrogens is 286 g/mol. The number of likely N-dealkylation sites (tertiary alicyclic amines) is 1. The van der Waals surface area contributed by atoms with Crippen molar-refractivity contribution in [1.29, 1.82) is 0 Å². The third-order valence-corrected chi connectivity index (χ3v) is 5.21. The summed E-state index contributed by atoms with van der Waals surface area (Å²) in [6, 6.07) is 7.49. The van der Waals surface area contributed by atoms with Gasteiger partial charge in [0.2, 0.25) is 10.0 Å². The third-order valence-electron chi connectivity index (χ3n) is 4.28. The predicted octanol–water partition coefficient (Wildman–Crippen LogP) is 1.32. The Kier molecular flexibility index (Phi) is 5.03. The Hall–Kier alpha value is -0.950. The zero-order valence-corrected chi connectivity index (χ0v) is 13.7. The lowest BCUT2D eigenvalue weighted by Crippen LogP contribution is -2.47. The summed E-state index contributed by atoms with van der Waals surface area (Å²) >= 11 is 0. The van der Waals surface area contributed by atoms with Gasteiger partial charge in [-0.15, -0.1) is 0 Å². The van der Waals surface area contributed by atoms with Crippen molar-refractivity contribution < 1.29 is 8.42 Å². The molecule has 0 aromatic heterocycles. The highest BCUT2D eigenvalue weighted by Crippen LogP contribution is 2.21. The average Bonchev–Trinajstić information content (AvgIpc) is 2.41. The minimum absolute atomic E-state index is 0.158. The van der Waals surface area contributed by atoms with Crippen molar-refractivity contribution in [3.63, 3.8) is 0 Å². The van der Waals surface area contributed by atoms with Crippen LogP contribution in [0.25, 0.3) is 0 Å². The molecule has 1 saturated heterocycles. The molecule has 0 amide bonds. The van der Waals surface area contributed by atoms with E-state index >= 15 is 0 Å². The first-order valence-electron chi connectivity index (χ1n) is 7.34. The van der Waals surface area contributed by atoms with Crippen LogP contribution in [-0.2, 0) is 10.0 Å². The van der Waals surface area contributed by atoms with E-state index in [9.17, 15) is 8.42 Å². The summed E-state index contributed by atoms with van der Waals surface area (Å²) in [4.78, 5) is 2.51. The van der Waals surface area contributed by atoms with Crippen LogP contribution >= 0.6 is 0 Å². The second-order valence-electron chi connectivity index (χ2n) is 6.14. The molecule has 1 fully saturated rings. The van der Waals surface area contributed by atoms with Gasteiger partial charge in [0.05, 0.1) is 4.90 Å². The fraction of sp³-hybridized carbons (Fsp3) is 0.600. The smallest absolute Gasteiger partial charge is 0.238 e. The van der Waals surface area contributed by atoms with Crippen LogP contribution in [0.15, 0.2) is 29.2 Å². The molecule has 1 aromatic rings. The highest BCUT2D eigenvalue weighted by molar-refractivity contribution is 7.89. The number of primary sulfonamides is 1. The molecule has 1 heterocycles. The fourth-order valence-electron chi connectivity index (χ4n) is 2.97. The molecule has 0 aliphatic carbocycles. The lowest BCUT2D eigenvalue weighted by atomic mass is 9.93. The predicted molar refractivity (Wildman–Crippen MR) is 84.4 cm³/mol. The van der Waals surface area contributed by atoms with Crippen LogP contribution in [0, 0.1) is 5.92 Å². The average molecular weight is 311 g/mol. The van der Waals surface area contributed by atoms with Gasteiger partial charge in [-0.1, -0.05) is 19.1 Å². The molecule has 1 aromatic carbocycles. The number of benzene rings is 1. The van der Waals surface area contributed by atoms with Crippen LogP contribution in [0.1, 0.15) is 31.9 Å². The largest absolute Gasteiger partial charge is 0.307 e. The van der Waals surface area contributed by atoms with Crippen molar-refractivity contribution in [1.82, 2.24) is 10.2 Å². The van der Waals surface area contributed by atoms with Crippen molar-refractivity contribution in [3.8, 4) is 0 Å². The first-order valence-corrected chi connectivity index (χ1v) is 8.89. The summed E-state index contributed by atoms with van der Waals surface area (Å²) in [5, 5.41) is 8.77. The molecule has 0 saturated carbocycles. The molecule has 1 aliphatic rings. The summed E-state index contributed by atoms with van der Waals surface area (Å²) in [5.41, 5.74) is 1.08. The Morgan fingerprint density at radius 2 is 1.95 bits per heavy atom. The van der Waals surface area contributed by atoms with E-state index in [-0.39, 0.29) is 10.9 Å². The van der Waals surface area contributed by atoms with Gasteiger partial charge in [-0.05, 0) is 50.6 Å². The van der Waals surface area contributed by atoms with E-state index in [4.69, 9.17) is 5.14 Å². The molecule has 1 aliphatic heterocycles. The Morgan fingerprint density at radius 3 is 2.48 bits per heavy atom. The number of nitrogens with two attached hydrogens (primary N) is 1. The Labute approximate surface area is 127 Å². The molecule has 0 bridgehead atoms. The van der Waals surface area contributed by atoms with E-state index in [1.807, 2.05) is 12.1 Å². The van der Waals surface area contributed by atoms with Crippen molar-refractivity contribution in [2.45, 2.75) is 37.2 Å². The number of nitrogens with zero attached hydrogens (tertiary/aromatic N) is 1. The van der Waals surface area contributed by atoms with E-state index in [0.29, 0.717) is 12.0 Å². The number of nitrogens with one attached hydrogen (secondary N) is 1. The Bertz CT molecular complexity index is 571. The molecule has 0 radical (unpaired) electrons. The van der Waals surface area contributed by atoms with Crippen molar-refractivity contribution in [2.75, 3.05) is 20.1 Å². The number of hydrogen-bond acceptors (Lipinski definition) is 4. The first kappa shape index (κ1) is 16.4. The third kappa shape index (κ3) is 4.26. The molecule has 0 spiro atoms. The maximum atomic E-state index is 11.3. The van der Waals surface area contributed by atoms with Gasteiger partial charge < -0.3 is 10.2 Å². The van der Waals surface area contributed by atoms with E-state index in [2.05, 4.69) is 31.1 Å². The lowest BCUT2D eigenvalue weighted by Gasteiger charge is -2.37. The molecule has 6 heteroatoms. The number of piperidine rings is 1. The zero-order chi connectivity index (χ0) is 15.6. The number of sulfonamides is 1. The van der Waals surface area contributed by atoms with Gasteiger partial charge in [0.25, 0.3) is 0 Å². The van der Waals surface area contributed by atoms with Gasteiger partial charge in [-0.3, -0.25) is 0 Å². The van der Waals surface area contributed by atoms with Crippen LogP contribution in [0.3, 0.4) is 0 Å². The van der Waals surface area contributed by atoms with Crippen LogP contribution in [0.5, 0.6) is 0 Å². The molecule has 3 N–H and O–H groups in total. The highest BCUT2D eigenvalue weighted by Gasteiger charge is 2.25.